The predicted octanol–water partition coefficient (Wildman–Crippen LogP) is 4.65. The molecular weight excluding hydrogens is 489 g/mol. The molecule has 1 aromatic heterocycles. The van der Waals surface area contributed by atoms with Crippen molar-refractivity contribution in [1.82, 2.24) is 9.29 Å². The Balaban J connectivity index is 1.36. The van der Waals surface area contributed by atoms with Crippen LogP contribution in [0.3, 0.4) is 0 Å². The summed E-state index contributed by atoms with van der Waals surface area (Å²) in [6.45, 7) is 0.495. The highest BCUT2D eigenvalue weighted by atomic mass is 35.5. The number of rotatable bonds is 6. The number of thiazole rings is 1. The number of nitrogens with one attached hydrogen (secondary N) is 1. The van der Waals surface area contributed by atoms with Gasteiger partial charge in [-0.15, -0.1) is 11.3 Å². The minimum atomic E-state index is -3.63. The van der Waals surface area contributed by atoms with E-state index >= 15 is 0 Å². The van der Waals surface area contributed by atoms with Crippen molar-refractivity contribution in [2.75, 3.05) is 25.5 Å². The molecule has 7 nitrogen and oxygen atoms in total. The molecule has 2 aromatic carbocycles. The Morgan fingerprint density at radius 2 is 1.91 bits per heavy atom. The SMILES string of the molecule is COc1ccc(-c2csc(NC(=O)C3CCN(S(=O)(=O)c4ccc(Cl)cc4)CC3)n2)cc1F. The van der Waals surface area contributed by atoms with Crippen LogP contribution in [0.15, 0.2) is 52.7 Å². The van der Waals surface area contributed by atoms with E-state index < -0.39 is 15.8 Å². The number of hydrogen-bond donors (Lipinski definition) is 1. The van der Waals surface area contributed by atoms with Gasteiger partial charge in [-0.2, -0.15) is 4.31 Å². The van der Waals surface area contributed by atoms with Crippen LogP contribution in [0.4, 0.5) is 9.52 Å². The van der Waals surface area contributed by atoms with Gasteiger partial charge in [0.25, 0.3) is 0 Å². The second-order valence-corrected chi connectivity index (χ2v) is 10.7. The first kappa shape index (κ1) is 23.6. The summed E-state index contributed by atoms with van der Waals surface area (Å²) in [4.78, 5) is 17.3. The number of hydrogen-bond acceptors (Lipinski definition) is 6. The molecule has 0 saturated carbocycles. The largest absolute Gasteiger partial charge is 0.494 e. The van der Waals surface area contributed by atoms with Gasteiger partial charge in [-0.1, -0.05) is 11.6 Å². The highest BCUT2D eigenvalue weighted by Gasteiger charge is 2.32. The van der Waals surface area contributed by atoms with E-state index in [9.17, 15) is 17.6 Å². The first-order chi connectivity index (χ1) is 15.8. The monoisotopic (exact) mass is 509 g/mol. The van der Waals surface area contributed by atoms with E-state index in [-0.39, 0.29) is 35.6 Å². The van der Waals surface area contributed by atoms with Crippen molar-refractivity contribution in [3.05, 3.63) is 58.7 Å². The number of amides is 1. The summed E-state index contributed by atoms with van der Waals surface area (Å²) >= 11 is 7.09. The van der Waals surface area contributed by atoms with Crippen molar-refractivity contribution in [3.8, 4) is 17.0 Å². The van der Waals surface area contributed by atoms with E-state index in [1.165, 1.54) is 59.2 Å². The molecule has 3 aromatic rings. The van der Waals surface area contributed by atoms with Crippen LogP contribution in [0.1, 0.15) is 12.8 Å². The van der Waals surface area contributed by atoms with E-state index in [0.29, 0.717) is 34.3 Å². The molecule has 33 heavy (non-hydrogen) atoms. The number of benzene rings is 2. The lowest BCUT2D eigenvalue weighted by Gasteiger charge is -2.30. The molecule has 1 amide bonds. The van der Waals surface area contributed by atoms with Crippen LogP contribution in [-0.2, 0) is 14.8 Å². The summed E-state index contributed by atoms with van der Waals surface area (Å²) in [6.07, 6.45) is 0.807. The summed E-state index contributed by atoms with van der Waals surface area (Å²) in [5.74, 6) is -0.881. The third-order valence-corrected chi connectivity index (χ3v) is 8.38. The molecule has 174 valence electrons. The van der Waals surface area contributed by atoms with Crippen molar-refractivity contribution >= 4 is 44.0 Å². The van der Waals surface area contributed by atoms with E-state index in [1.54, 1.807) is 11.4 Å². The van der Waals surface area contributed by atoms with E-state index in [4.69, 9.17) is 16.3 Å². The molecule has 11 heteroatoms. The summed E-state index contributed by atoms with van der Waals surface area (Å²) in [5.41, 5.74) is 1.12. The molecule has 1 saturated heterocycles. The van der Waals surface area contributed by atoms with Gasteiger partial charge in [-0.05, 0) is 55.3 Å². The number of sulfonamides is 1. The number of carbonyl (C=O) groups excluding carboxylic acids is 1. The van der Waals surface area contributed by atoms with Crippen molar-refractivity contribution in [3.63, 3.8) is 0 Å². The number of aromatic nitrogens is 1. The number of nitrogens with zero attached hydrogens (tertiary/aromatic N) is 2. The van der Waals surface area contributed by atoms with Crippen LogP contribution >= 0.6 is 22.9 Å². The number of carbonyl (C=O) groups is 1. The van der Waals surface area contributed by atoms with Gasteiger partial charge in [0.05, 0.1) is 17.7 Å². The van der Waals surface area contributed by atoms with Crippen LogP contribution in [0.2, 0.25) is 5.02 Å². The topological polar surface area (TPSA) is 88.6 Å². The maximum absolute atomic E-state index is 14.0. The van der Waals surface area contributed by atoms with Gasteiger partial charge in [0.15, 0.2) is 16.7 Å². The van der Waals surface area contributed by atoms with E-state index in [1.807, 2.05) is 0 Å². The number of anilines is 1. The Morgan fingerprint density at radius 3 is 2.55 bits per heavy atom. The lowest BCUT2D eigenvalue weighted by atomic mass is 9.97. The first-order valence-electron chi connectivity index (χ1n) is 10.1. The molecule has 2 heterocycles. The smallest absolute Gasteiger partial charge is 0.243 e. The quantitative estimate of drug-likeness (QED) is 0.522. The molecular formula is C22H21ClFN3O4S2. The summed E-state index contributed by atoms with van der Waals surface area (Å²) in [6, 6.07) is 10.6. The number of halogens is 2. The Morgan fingerprint density at radius 1 is 1.21 bits per heavy atom. The normalized spacial score (nSPS) is 15.4. The molecule has 1 aliphatic rings. The molecule has 0 spiro atoms. The van der Waals surface area contributed by atoms with E-state index in [2.05, 4.69) is 10.3 Å². The zero-order valence-corrected chi connectivity index (χ0v) is 20.0. The Kier molecular flexibility index (Phi) is 6.99. The zero-order valence-electron chi connectivity index (χ0n) is 17.6. The van der Waals surface area contributed by atoms with Crippen LogP contribution in [0.5, 0.6) is 5.75 Å². The highest BCUT2D eigenvalue weighted by Crippen LogP contribution is 2.30. The maximum Gasteiger partial charge on any atom is 0.243 e. The van der Waals surface area contributed by atoms with Crippen LogP contribution < -0.4 is 10.1 Å². The molecule has 1 N–H and O–H groups in total. The third kappa shape index (κ3) is 5.19. The van der Waals surface area contributed by atoms with Crippen molar-refractivity contribution in [2.24, 2.45) is 5.92 Å². The van der Waals surface area contributed by atoms with Gasteiger partial charge >= 0.3 is 0 Å². The molecule has 0 aliphatic carbocycles. The average Bonchev–Trinajstić information content (AvgIpc) is 3.28. The Bertz CT molecular complexity index is 1260. The Labute approximate surface area is 200 Å². The first-order valence-corrected chi connectivity index (χ1v) is 12.8. The summed E-state index contributed by atoms with van der Waals surface area (Å²) in [7, 11) is -2.23. The van der Waals surface area contributed by atoms with Crippen LogP contribution in [0.25, 0.3) is 11.3 Å². The minimum absolute atomic E-state index is 0.145. The lowest BCUT2D eigenvalue weighted by Crippen LogP contribution is -2.41. The summed E-state index contributed by atoms with van der Waals surface area (Å²) < 4.78 is 45.9. The number of piperidine rings is 1. The molecule has 1 aliphatic heterocycles. The second kappa shape index (κ2) is 9.76. The number of ether oxygens (including phenoxy) is 1. The maximum atomic E-state index is 14.0. The second-order valence-electron chi connectivity index (χ2n) is 7.51. The fourth-order valence-corrected chi connectivity index (χ4v) is 5.93. The van der Waals surface area contributed by atoms with Gasteiger partial charge < -0.3 is 10.1 Å². The van der Waals surface area contributed by atoms with Crippen molar-refractivity contribution in [2.45, 2.75) is 17.7 Å². The minimum Gasteiger partial charge on any atom is -0.494 e. The number of methoxy groups -OCH3 is 1. The average molecular weight is 510 g/mol. The standard InChI is InChI=1S/C22H21ClFN3O4S2/c1-31-20-7-2-15(12-18(20)24)19-13-32-22(25-19)26-21(28)14-8-10-27(11-9-14)33(29,30)17-5-3-16(23)4-6-17/h2-7,12-14H,8-11H2,1H3,(H,25,26,28). The molecule has 0 unspecified atom stereocenters. The summed E-state index contributed by atoms with van der Waals surface area (Å²) in [5, 5.41) is 5.40. The third-order valence-electron chi connectivity index (χ3n) is 5.46. The lowest BCUT2D eigenvalue weighted by molar-refractivity contribution is -0.120. The van der Waals surface area contributed by atoms with Gasteiger partial charge in [-0.25, -0.2) is 17.8 Å². The predicted molar refractivity (Wildman–Crippen MR) is 126 cm³/mol. The highest BCUT2D eigenvalue weighted by molar-refractivity contribution is 7.89. The fourth-order valence-electron chi connectivity index (χ4n) is 3.61. The molecule has 0 radical (unpaired) electrons. The van der Waals surface area contributed by atoms with Crippen LogP contribution in [0, 0.1) is 11.7 Å². The molecule has 0 bridgehead atoms. The van der Waals surface area contributed by atoms with Gasteiger partial charge in [-0.3, -0.25) is 4.79 Å². The van der Waals surface area contributed by atoms with Crippen molar-refractivity contribution < 1.29 is 22.3 Å². The van der Waals surface area contributed by atoms with Gasteiger partial charge in [0, 0.05) is 35.0 Å². The zero-order chi connectivity index (χ0) is 23.6. The molecule has 0 atom stereocenters. The fraction of sp³-hybridized carbons (Fsp3) is 0.273. The molecule has 4 rings (SSSR count). The van der Waals surface area contributed by atoms with Gasteiger partial charge in [0.2, 0.25) is 15.9 Å². The molecule has 1 fully saturated rings. The van der Waals surface area contributed by atoms with Crippen LogP contribution in [-0.4, -0.2) is 43.8 Å². The van der Waals surface area contributed by atoms with Gasteiger partial charge in [0.1, 0.15) is 0 Å². The van der Waals surface area contributed by atoms with E-state index in [0.717, 1.165) is 0 Å². The Hall–Kier alpha value is -2.53. The van der Waals surface area contributed by atoms with Crippen molar-refractivity contribution in [1.29, 1.82) is 0 Å².